The summed E-state index contributed by atoms with van der Waals surface area (Å²) >= 11 is 0. The van der Waals surface area contributed by atoms with Crippen LogP contribution in [0, 0.1) is 0 Å². The minimum Gasteiger partial charge on any atom is -0.497 e. The van der Waals surface area contributed by atoms with Crippen molar-refractivity contribution in [1.82, 2.24) is 0 Å². The summed E-state index contributed by atoms with van der Waals surface area (Å²) in [4.78, 5) is 27.5. The Bertz CT molecular complexity index is 992. The first-order valence-corrected chi connectivity index (χ1v) is 9.23. The summed E-state index contributed by atoms with van der Waals surface area (Å²) in [6.07, 6.45) is 1.64. The standard InChI is InChI=1S/C23H23NO5/c1-5-29-23(26)21-15(2)24(17-9-7-6-8-10-17)22(25)19(21)14-16-13-18(27-3)11-12-20(16)28-4/h6-14H,5H2,1-4H3/b19-14-. The number of carbonyl (C=O) groups excluding carboxylic acids is 2. The van der Waals surface area contributed by atoms with Gasteiger partial charge in [-0.15, -0.1) is 0 Å². The van der Waals surface area contributed by atoms with E-state index < -0.39 is 5.97 Å². The number of nitrogens with zero attached hydrogens (tertiary/aromatic N) is 1. The fourth-order valence-corrected chi connectivity index (χ4v) is 3.28. The number of para-hydroxylation sites is 1. The topological polar surface area (TPSA) is 65.1 Å². The van der Waals surface area contributed by atoms with Gasteiger partial charge in [0.25, 0.3) is 5.91 Å². The van der Waals surface area contributed by atoms with Crippen LogP contribution in [0.1, 0.15) is 19.4 Å². The van der Waals surface area contributed by atoms with E-state index in [2.05, 4.69) is 0 Å². The van der Waals surface area contributed by atoms with Crippen molar-refractivity contribution in [2.24, 2.45) is 0 Å². The molecule has 0 unspecified atom stereocenters. The number of methoxy groups -OCH3 is 2. The van der Waals surface area contributed by atoms with Gasteiger partial charge in [-0.2, -0.15) is 0 Å². The third-order valence-electron chi connectivity index (χ3n) is 4.63. The van der Waals surface area contributed by atoms with Crippen molar-refractivity contribution in [2.75, 3.05) is 25.7 Å². The van der Waals surface area contributed by atoms with Gasteiger partial charge in [0.1, 0.15) is 11.5 Å². The van der Waals surface area contributed by atoms with E-state index in [1.807, 2.05) is 30.3 Å². The molecule has 0 bridgehead atoms. The second kappa shape index (κ2) is 8.65. The van der Waals surface area contributed by atoms with Gasteiger partial charge in [-0.1, -0.05) is 18.2 Å². The van der Waals surface area contributed by atoms with Crippen LogP contribution in [0.3, 0.4) is 0 Å². The lowest BCUT2D eigenvalue weighted by Gasteiger charge is -2.17. The van der Waals surface area contributed by atoms with Gasteiger partial charge in [-0.3, -0.25) is 9.69 Å². The largest absolute Gasteiger partial charge is 0.497 e. The number of rotatable bonds is 6. The van der Waals surface area contributed by atoms with E-state index in [0.717, 1.165) is 0 Å². The minimum atomic E-state index is -0.537. The highest BCUT2D eigenvalue weighted by Gasteiger charge is 2.38. The molecule has 0 atom stereocenters. The van der Waals surface area contributed by atoms with Gasteiger partial charge in [-0.05, 0) is 50.3 Å². The number of benzene rings is 2. The molecule has 0 aliphatic carbocycles. The Morgan fingerprint density at radius 3 is 2.41 bits per heavy atom. The lowest BCUT2D eigenvalue weighted by atomic mass is 10.0. The molecule has 2 aromatic carbocycles. The maximum Gasteiger partial charge on any atom is 0.340 e. The average Bonchev–Trinajstić information content (AvgIpc) is 2.98. The first kappa shape index (κ1) is 20.2. The maximum absolute atomic E-state index is 13.3. The van der Waals surface area contributed by atoms with Crippen molar-refractivity contribution in [3.05, 3.63) is 70.9 Å². The van der Waals surface area contributed by atoms with Gasteiger partial charge in [0.2, 0.25) is 0 Å². The number of amides is 1. The van der Waals surface area contributed by atoms with Gasteiger partial charge in [-0.25, -0.2) is 4.79 Å². The normalized spacial score (nSPS) is 15.1. The molecule has 0 aromatic heterocycles. The van der Waals surface area contributed by atoms with Gasteiger partial charge in [0, 0.05) is 16.9 Å². The molecule has 0 saturated carbocycles. The third-order valence-corrected chi connectivity index (χ3v) is 4.63. The molecule has 29 heavy (non-hydrogen) atoms. The molecule has 0 N–H and O–H groups in total. The summed E-state index contributed by atoms with van der Waals surface area (Å²) in [5.74, 6) is 0.332. The Morgan fingerprint density at radius 2 is 1.79 bits per heavy atom. The zero-order valence-electron chi connectivity index (χ0n) is 16.9. The van der Waals surface area contributed by atoms with Crippen LogP contribution < -0.4 is 14.4 Å². The molecule has 0 radical (unpaired) electrons. The van der Waals surface area contributed by atoms with Crippen molar-refractivity contribution in [1.29, 1.82) is 0 Å². The summed E-state index contributed by atoms with van der Waals surface area (Å²) in [6.45, 7) is 3.68. The van der Waals surface area contributed by atoms with E-state index >= 15 is 0 Å². The fraction of sp³-hybridized carbons (Fsp3) is 0.217. The zero-order chi connectivity index (χ0) is 21.0. The number of hydrogen-bond donors (Lipinski definition) is 0. The van der Waals surface area contributed by atoms with E-state index in [1.54, 1.807) is 52.3 Å². The predicted molar refractivity (Wildman–Crippen MR) is 111 cm³/mol. The molecule has 1 aliphatic heterocycles. The van der Waals surface area contributed by atoms with E-state index in [-0.39, 0.29) is 23.7 Å². The summed E-state index contributed by atoms with van der Waals surface area (Å²) < 4.78 is 15.9. The smallest absolute Gasteiger partial charge is 0.340 e. The molecular formula is C23H23NO5. The van der Waals surface area contributed by atoms with E-state index in [4.69, 9.17) is 14.2 Å². The number of carbonyl (C=O) groups is 2. The first-order chi connectivity index (χ1) is 14.0. The number of allylic oxidation sites excluding steroid dienone is 1. The third kappa shape index (κ3) is 3.87. The monoisotopic (exact) mass is 393 g/mol. The Kier molecular flexibility index (Phi) is 6.02. The highest BCUT2D eigenvalue weighted by Crippen LogP contribution is 2.37. The van der Waals surface area contributed by atoms with Crippen LogP contribution in [0.4, 0.5) is 5.69 Å². The number of ether oxygens (including phenoxy) is 3. The molecule has 3 rings (SSSR count). The van der Waals surface area contributed by atoms with Crippen LogP contribution >= 0.6 is 0 Å². The molecule has 150 valence electrons. The molecule has 0 saturated heterocycles. The van der Waals surface area contributed by atoms with E-state index in [1.165, 1.54) is 4.90 Å². The predicted octanol–water partition coefficient (Wildman–Crippen LogP) is 3.97. The van der Waals surface area contributed by atoms with Crippen LogP contribution in [0.25, 0.3) is 6.08 Å². The first-order valence-electron chi connectivity index (χ1n) is 9.23. The zero-order valence-corrected chi connectivity index (χ0v) is 16.9. The highest BCUT2D eigenvalue weighted by atomic mass is 16.5. The maximum atomic E-state index is 13.3. The highest BCUT2D eigenvalue weighted by molar-refractivity contribution is 6.23. The molecule has 0 spiro atoms. The summed E-state index contributed by atoms with van der Waals surface area (Å²) in [5, 5.41) is 0. The van der Waals surface area contributed by atoms with Crippen LogP contribution in [0.15, 0.2) is 65.4 Å². The Labute approximate surface area is 170 Å². The minimum absolute atomic E-state index is 0.213. The van der Waals surface area contributed by atoms with Gasteiger partial charge < -0.3 is 14.2 Å². The van der Waals surface area contributed by atoms with Gasteiger partial charge in [0.05, 0.1) is 32.0 Å². The van der Waals surface area contributed by atoms with Crippen molar-refractivity contribution in [3.63, 3.8) is 0 Å². The molecule has 1 amide bonds. The molecule has 6 heteroatoms. The second-order valence-electron chi connectivity index (χ2n) is 6.32. The van der Waals surface area contributed by atoms with Crippen molar-refractivity contribution < 1.29 is 23.8 Å². The lowest BCUT2D eigenvalue weighted by molar-refractivity contribution is -0.138. The van der Waals surface area contributed by atoms with Gasteiger partial charge >= 0.3 is 5.97 Å². The summed E-state index contributed by atoms with van der Waals surface area (Å²) in [5.41, 5.74) is 2.31. The van der Waals surface area contributed by atoms with Crippen LogP contribution in [-0.2, 0) is 14.3 Å². The van der Waals surface area contributed by atoms with Crippen LogP contribution in [-0.4, -0.2) is 32.7 Å². The quantitative estimate of drug-likeness (QED) is 0.549. The SMILES string of the molecule is CCOC(=O)C1=C(C)N(c2ccccc2)C(=O)/C1=C\c1cc(OC)ccc1OC. The molecule has 1 aliphatic rings. The van der Waals surface area contributed by atoms with Crippen LogP contribution in [0.2, 0.25) is 0 Å². The number of esters is 1. The van der Waals surface area contributed by atoms with Gasteiger partial charge in [0.15, 0.2) is 0 Å². The summed E-state index contributed by atoms with van der Waals surface area (Å²) in [7, 11) is 3.11. The van der Waals surface area contributed by atoms with Crippen molar-refractivity contribution in [2.45, 2.75) is 13.8 Å². The van der Waals surface area contributed by atoms with E-state index in [0.29, 0.717) is 28.4 Å². The molecule has 0 fully saturated rings. The van der Waals surface area contributed by atoms with Crippen molar-refractivity contribution >= 4 is 23.6 Å². The second-order valence-corrected chi connectivity index (χ2v) is 6.32. The Balaban J connectivity index is 2.17. The molecule has 6 nitrogen and oxygen atoms in total. The van der Waals surface area contributed by atoms with E-state index in [9.17, 15) is 9.59 Å². The molecule has 2 aromatic rings. The number of anilines is 1. The Morgan fingerprint density at radius 1 is 1.07 bits per heavy atom. The average molecular weight is 393 g/mol. The molecular weight excluding hydrogens is 370 g/mol. The lowest BCUT2D eigenvalue weighted by Crippen LogP contribution is -2.24. The summed E-state index contributed by atoms with van der Waals surface area (Å²) in [6, 6.07) is 14.5. The fourth-order valence-electron chi connectivity index (χ4n) is 3.28. The Hall–Kier alpha value is -3.54. The number of hydrogen-bond acceptors (Lipinski definition) is 5. The van der Waals surface area contributed by atoms with Crippen molar-refractivity contribution in [3.8, 4) is 11.5 Å². The van der Waals surface area contributed by atoms with Crippen LogP contribution in [0.5, 0.6) is 11.5 Å². The molecule has 1 heterocycles.